The fourth-order valence-corrected chi connectivity index (χ4v) is 4.22. The maximum Gasteiger partial charge on any atom is 0.338 e. The van der Waals surface area contributed by atoms with Crippen LogP contribution in [0.1, 0.15) is 36.7 Å². The lowest BCUT2D eigenvalue weighted by molar-refractivity contribution is 0.00695. The third-order valence-corrected chi connectivity index (χ3v) is 6.12. The van der Waals surface area contributed by atoms with Crippen molar-refractivity contribution in [3.8, 4) is 28.4 Å². The van der Waals surface area contributed by atoms with Crippen molar-refractivity contribution >= 4 is 22.4 Å². The van der Waals surface area contributed by atoms with Crippen LogP contribution in [0.5, 0.6) is 17.2 Å². The molecule has 0 unspecified atom stereocenters. The number of carbonyl (C=O) groups excluding carboxylic acids is 1. The van der Waals surface area contributed by atoms with Crippen LogP contribution in [0.25, 0.3) is 21.9 Å². The smallest absolute Gasteiger partial charge is 0.338 e. The van der Waals surface area contributed by atoms with Gasteiger partial charge in [0.25, 0.3) is 0 Å². The van der Waals surface area contributed by atoms with Crippen molar-refractivity contribution in [2.75, 3.05) is 5.73 Å². The van der Waals surface area contributed by atoms with Gasteiger partial charge in [-0.25, -0.2) is 4.79 Å². The molecular formula is C34H31NO4. The fraction of sp³-hybridized carbons (Fsp3) is 0.147. The van der Waals surface area contributed by atoms with Crippen LogP contribution in [0.15, 0.2) is 109 Å². The molecule has 0 saturated carbocycles. The maximum atomic E-state index is 12.5. The highest BCUT2D eigenvalue weighted by molar-refractivity contribution is 5.97. The summed E-state index contributed by atoms with van der Waals surface area (Å²) in [5.41, 5.74) is 9.41. The van der Waals surface area contributed by atoms with E-state index < -0.39 is 5.60 Å². The number of esters is 1. The summed E-state index contributed by atoms with van der Waals surface area (Å²) >= 11 is 0. The van der Waals surface area contributed by atoms with E-state index in [1.54, 1.807) is 12.1 Å². The van der Waals surface area contributed by atoms with Gasteiger partial charge >= 0.3 is 5.97 Å². The van der Waals surface area contributed by atoms with E-state index in [1.807, 2.05) is 112 Å². The molecule has 0 spiro atoms. The molecule has 0 aromatic heterocycles. The van der Waals surface area contributed by atoms with E-state index in [-0.39, 0.29) is 5.97 Å². The number of fused-ring (bicyclic) bond motifs is 1. The van der Waals surface area contributed by atoms with Crippen molar-refractivity contribution in [1.29, 1.82) is 0 Å². The zero-order chi connectivity index (χ0) is 27.4. The minimum atomic E-state index is -0.558. The Bertz CT molecular complexity index is 1590. The van der Waals surface area contributed by atoms with Gasteiger partial charge in [0.2, 0.25) is 0 Å². The molecule has 0 aliphatic heterocycles. The number of nitrogens with two attached hydrogens (primary N) is 1. The van der Waals surface area contributed by atoms with Crippen LogP contribution in [0.3, 0.4) is 0 Å². The number of anilines is 1. The lowest BCUT2D eigenvalue weighted by Crippen LogP contribution is -2.23. The number of benzene rings is 5. The minimum absolute atomic E-state index is 0.353. The number of hydrogen-bond donors (Lipinski definition) is 1. The number of nitrogen functional groups attached to an aromatic ring is 1. The summed E-state index contributed by atoms with van der Waals surface area (Å²) < 4.78 is 18.0. The lowest BCUT2D eigenvalue weighted by atomic mass is 9.98. The Labute approximate surface area is 228 Å². The molecule has 5 rings (SSSR count). The van der Waals surface area contributed by atoms with Crippen molar-refractivity contribution in [2.24, 2.45) is 0 Å². The molecule has 5 aromatic rings. The van der Waals surface area contributed by atoms with Crippen molar-refractivity contribution in [2.45, 2.75) is 33.0 Å². The van der Waals surface area contributed by atoms with E-state index in [9.17, 15) is 4.79 Å². The van der Waals surface area contributed by atoms with Gasteiger partial charge in [-0.05, 0) is 97.9 Å². The fourth-order valence-electron chi connectivity index (χ4n) is 4.22. The highest BCUT2D eigenvalue weighted by Crippen LogP contribution is 2.41. The van der Waals surface area contributed by atoms with Gasteiger partial charge in [0, 0.05) is 16.6 Å². The topological polar surface area (TPSA) is 70.8 Å². The van der Waals surface area contributed by atoms with E-state index in [1.165, 1.54) is 0 Å². The Balaban J connectivity index is 1.50. The van der Waals surface area contributed by atoms with Crippen LogP contribution < -0.4 is 15.2 Å². The number of ether oxygens (including phenoxy) is 3. The predicted molar refractivity (Wildman–Crippen MR) is 156 cm³/mol. The van der Waals surface area contributed by atoms with Crippen molar-refractivity contribution in [3.05, 3.63) is 120 Å². The molecule has 0 saturated heterocycles. The first-order valence-corrected chi connectivity index (χ1v) is 12.9. The third-order valence-electron chi connectivity index (χ3n) is 6.12. The second-order valence-electron chi connectivity index (χ2n) is 10.3. The third kappa shape index (κ3) is 6.39. The Morgan fingerprint density at radius 2 is 1.46 bits per heavy atom. The Morgan fingerprint density at radius 1 is 0.769 bits per heavy atom. The van der Waals surface area contributed by atoms with E-state index in [2.05, 4.69) is 6.07 Å². The van der Waals surface area contributed by atoms with Crippen LogP contribution >= 0.6 is 0 Å². The van der Waals surface area contributed by atoms with Gasteiger partial charge in [-0.2, -0.15) is 0 Å². The Morgan fingerprint density at radius 3 is 2.15 bits per heavy atom. The van der Waals surface area contributed by atoms with Gasteiger partial charge in [-0.3, -0.25) is 0 Å². The molecule has 5 aromatic carbocycles. The summed E-state index contributed by atoms with van der Waals surface area (Å²) in [7, 11) is 0. The maximum absolute atomic E-state index is 12.5. The van der Waals surface area contributed by atoms with Crippen LogP contribution in [-0.2, 0) is 11.3 Å². The molecule has 0 aliphatic rings. The molecule has 5 heteroatoms. The molecule has 0 atom stereocenters. The second-order valence-corrected chi connectivity index (χ2v) is 10.3. The number of carbonyl (C=O) groups is 1. The quantitative estimate of drug-likeness (QED) is 0.173. The molecule has 2 N–H and O–H groups in total. The SMILES string of the molecule is CC(C)(C)OC(=O)c1ccc(-c2ccc3cc(OCc4ccccc4)ccc3c2Oc2ccc(N)cc2)cc1. The first-order chi connectivity index (χ1) is 18.7. The molecule has 196 valence electrons. The summed E-state index contributed by atoms with van der Waals surface area (Å²) in [4.78, 5) is 12.5. The van der Waals surface area contributed by atoms with Crippen LogP contribution in [0.4, 0.5) is 5.69 Å². The molecule has 0 aliphatic carbocycles. The summed E-state index contributed by atoms with van der Waals surface area (Å²) in [6.45, 7) is 6.05. The number of rotatable bonds is 7. The zero-order valence-electron chi connectivity index (χ0n) is 22.3. The van der Waals surface area contributed by atoms with Crippen molar-refractivity contribution < 1.29 is 19.0 Å². The summed E-state index contributed by atoms with van der Waals surface area (Å²) in [5, 5.41) is 1.92. The zero-order valence-corrected chi connectivity index (χ0v) is 22.3. The highest BCUT2D eigenvalue weighted by Gasteiger charge is 2.19. The van der Waals surface area contributed by atoms with Gasteiger partial charge in [0.05, 0.1) is 5.56 Å². The standard InChI is InChI=1S/C34H31NO4/c1-34(2,3)39-33(36)25-11-9-24(10-12-25)30-19-13-26-21-29(37-22-23-7-5-4-6-8-23)18-20-31(26)32(30)38-28-16-14-27(35)15-17-28/h4-21H,22,35H2,1-3H3. The molecule has 0 amide bonds. The van der Waals surface area contributed by atoms with Gasteiger partial charge in [-0.15, -0.1) is 0 Å². The average Bonchev–Trinajstić information content (AvgIpc) is 2.93. The van der Waals surface area contributed by atoms with Crippen LogP contribution in [-0.4, -0.2) is 11.6 Å². The molecular weight excluding hydrogens is 486 g/mol. The van der Waals surface area contributed by atoms with E-state index >= 15 is 0 Å². The molecule has 0 heterocycles. The van der Waals surface area contributed by atoms with Gasteiger partial charge in [-0.1, -0.05) is 48.5 Å². The highest BCUT2D eigenvalue weighted by atomic mass is 16.6. The average molecular weight is 518 g/mol. The van der Waals surface area contributed by atoms with Crippen molar-refractivity contribution in [1.82, 2.24) is 0 Å². The van der Waals surface area contributed by atoms with Gasteiger partial charge in [0.15, 0.2) is 0 Å². The van der Waals surface area contributed by atoms with E-state index in [0.717, 1.165) is 33.2 Å². The van der Waals surface area contributed by atoms with E-state index in [4.69, 9.17) is 19.9 Å². The van der Waals surface area contributed by atoms with Gasteiger partial charge < -0.3 is 19.9 Å². The Kier molecular flexibility index (Phi) is 7.24. The van der Waals surface area contributed by atoms with Crippen LogP contribution in [0, 0.1) is 0 Å². The van der Waals surface area contributed by atoms with Gasteiger partial charge in [0.1, 0.15) is 29.5 Å². The molecule has 39 heavy (non-hydrogen) atoms. The lowest BCUT2D eigenvalue weighted by Gasteiger charge is -2.19. The molecule has 0 bridgehead atoms. The first kappa shape index (κ1) is 25.9. The second kappa shape index (κ2) is 10.9. The monoisotopic (exact) mass is 517 g/mol. The summed E-state index contributed by atoms with van der Waals surface area (Å²) in [6.07, 6.45) is 0. The Hall–Kier alpha value is -4.77. The normalized spacial score (nSPS) is 11.3. The first-order valence-electron chi connectivity index (χ1n) is 12.9. The summed E-state index contributed by atoms with van der Waals surface area (Å²) in [6, 6.07) is 34.8. The number of hydrogen-bond acceptors (Lipinski definition) is 5. The van der Waals surface area contributed by atoms with Crippen molar-refractivity contribution in [3.63, 3.8) is 0 Å². The molecule has 0 radical (unpaired) electrons. The minimum Gasteiger partial charge on any atom is -0.489 e. The predicted octanol–water partition coefficient (Wildman–Crippen LogP) is 8.42. The van der Waals surface area contributed by atoms with Crippen LogP contribution in [0.2, 0.25) is 0 Å². The molecule has 0 fully saturated rings. The largest absolute Gasteiger partial charge is 0.489 e. The van der Waals surface area contributed by atoms with E-state index in [0.29, 0.717) is 29.4 Å². The molecule has 5 nitrogen and oxygen atoms in total. The summed E-state index contributed by atoms with van der Waals surface area (Å²) in [5.74, 6) is 1.80.